The molecule has 0 spiro atoms. The number of piperazine rings is 1. The minimum absolute atomic E-state index is 0.239. The Hall–Kier alpha value is -0.320. The normalized spacial score (nSPS) is 18.1. The molecule has 5 heteroatoms. The van der Waals surface area contributed by atoms with Gasteiger partial charge in [0, 0.05) is 45.0 Å². The van der Waals surface area contributed by atoms with Gasteiger partial charge in [0.15, 0.2) is 0 Å². The van der Waals surface area contributed by atoms with Gasteiger partial charge in [0.05, 0.1) is 5.60 Å². The highest BCUT2D eigenvalue weighted by Crippen LogP contribution is 2.10. The van der Waals surface area contributed by atoms with Crippen LogP contribution in [0.3, 0.4) is 0 Å². The van der Waals surface area contributed by atoms with Gasteiger partial charge in [0.25, 0.3) is 0 Å². The van der Waals surface area contributed by atoms with Crippen LogP contribution in [0.2, 0.25) is 0 Å². The molecular formula is C13H25ClN2O2. The highest BCUT2D eigenvalue weighted by Gasteiger charge is 2.24. The van der Waals surface area contributed by atoms with Crippen molar-refractivity contribution in [3.8, 4) is 0 Å². The number of aliphatic hydroxyl groups is 1. The number of carbonyl (C=O) groups is 1. The fraction of sp³-hybridized carbons (Fsp3) is 0.923. The lowest BCUT2D eigenvalue weighted by atomic mass is 10.1. The Morgan fingerprint density at radius 3 is 2.33 bits per heavy atom. The van der Waals surface area contributed by atoms with E-state index >= 15 is 0 Å². The highest BCUT2D eigenvalue weighted by atomic mass is 35.5. The number of carbonyl (C=O) groups excluding carboxylic acids is 1. The lowest BCUT2D eigenvalue weighted by Gasteiger charge is -2.37. The molecule has 1 fully saturated rings. The van der Waals surface area contributed by atoms with E-state index in [0.717, 1.165) is 39.0 Å². The van der Waals surface area contributed by atoms with Crippen LogP contribution in [0.4, 0.5) is 0 Å². The number of β-amino-alcohol motifs (C(OH)–C–C–N with tert-alkyl or cyclic N) is 1. The first kappa shape index (κ1) is 15.7. The molecule has 0 unspecified atom stereocenters. The molecule has 0 saturated carbocycles. The third-order valence-corrected chi connectivity index (χ3v) is 3.38. The minimum atomic E-state index is -0.660. The molecule has 0 bridgehead atoms. The van der Waals surface area contributed by atoms with Gasteiger partial charge in [-0.3, -0.25) is 9.69 Å². The molecule has 0 aromatic carbocycles. The van der Waals surface area contributed by atoms with Crippen LogP contribution in [0.15, 0.2) is 0 Å². The zero-order valence-corrected chi connectivity index (χ0v) is 12.2. The summed E-state index contributed by atoms with van der Waals surface area (Å²) in [7, 11) is 0. The maximum Gasteiger partial charge on any atom is 0.222 e. The lowest BCUT2D eigenvalue weighted by molar-refractivity contribution is -0.133. The summed E-state index contributed by atoms with van der Waals surface area (Å²) in [4.78, 5) is 16.0. The Balaban J connectivity index is 2.24. The van der Waals surface area contributed by atoms with Crippen LogP contribution in [-0.4, -0.2) is 65.0 Å². The largest absolute Gasteiger partial charge is 0.389 e. The first-order valence-corrected chi connectivity index (χ1v) is 7.24. The van der Waals surface area contributed by atoms with Gasteiger partial charge < -0.3 is 10.0 Å². The number of hydrogen-bond donors (Lipinski definition) is 1. The van der Waals surface area contributed by atoms with Crippen LogP contribution in [0, 0.1) is 0 Å². The molecule has 1 amide bonds. The van der Waals surface area contributed by atoms with Crippen LogP contribution < -0.4 is 0 Å². The molecule has 0 aromatic heterocycles. The van der Waals surface area contributed by atoms with Crippen molar-refractivity contribution in [2.45, 2.75) is 38.7 Å². The fourth-order valence-corrected chi connectivity index (χ4v) is 2.42. The van der Waals surface area contributed by atoms with E-state index in [0.29, 0.717) is 18.8 Å². The predicted octanol–water partition coefficient (Wildman–Crippen LogP) is 1.31. The zero-order chi connectivity index (χ0) is 13.6. The van der Waals surface area contributed by atoms with Crippen molar-refractivity contribution in [3.05, 3.63) is 0 Å². The van der Waals surface area contributed by atoms with E-state index in [1.54, 1.807) is 0 Å². The molecule has 1 saturated heterocycles. The highest BCUT2D eigenvalue weighted by molar-refractivity contribution is 6.17. The van der Waals surface area contributed by atoms with Crippen molar-refractivity contribution >= 4 is 17.5 Å². The van der Waals surface area contributed by atoms with E-state index in [1.807, 2.05) is 18.7 Å². The van der Waals surface area contributed by atoms with Crippen LogP contribution in [0.5, 0.6) is 0 Å². The van der Waals surface area contributed by atoms with E-state index < -0.39 is 5.60 Å². The second-order valence-electron chi connectivity index (χ2n) is 5.62. The van der Waals surface area contributed by atoms with Crippen molar-refractivity contribution < 1.29 is 9.90 Å². The third kappa shape index (κ3) is 6.03. The average molecular weight is 277 g/mol. The van der Waals surface area contributed by atoms with E-state index in [1.165, 1.54) is 0 Å². The Morgan fingerprint density at radius 1 is 1.22 bits per heavy atom. The topological polar surface area (TPSA) is 43.8 Å². The van der Waals surface area contributed by atoms with Crippen LogP contribution in [0.1, 0.15) is 33.1 Å². The molecule has 106 valence electrons. The molecule has 1 aliphatic heterocycles. The van der Waals surface area contributed by atoms with E-state index in [-0.39, 0.29) is 5.91 Å². The number of rotatable bonds is 6. The molecular weight excluding hydrogens is 252 g/mol. The van der Waals surface area contributed by atoms with E-state index in [9.17, 15) is 9.90 Å². The SMILES string of the molecule is CC(C)(O)CN1CCN(C(=O)CCCCCl)CC1. The number of amides is 1. The van der Waals surface area contributed by atoms with Crippen LogP contribution in [-0.2, 0) is 4.79 Å². The summed E-state index contributed by atoms with van der Waals surface area (Å²) in [6.45, 7) is 7.55. The molecule has 1 N–H and O–H groups in total. The van der Waals surface area contributed by atoms with Crippen LogP contribution >= 0.6 is 11.6 Å². The summed E-state index contributed by atoms with van der Waals surface area (Å²) in [5.74, 6) is 0.871. The molecule has 18 heavy (non-hydrogen) atoms. The first-order chi connectivity index (χ1) is 8.42. The average Bonchev–Trinajstić information content (AvgIpc) is 2.28. The first-order valence-electron chi connectivity index (χ1n) is 6.71. The maximum atomic E-state index is 11.9. The summed E-state index contributed by atoms with van der Waals surface area (Å²) in [5.41, 5.74) is -0.660. The van der Waals surface area contributed by atoms with Gasteiger partial charge in [-0.25, -0.2) is 0 Å². The summed E-state index contributed by atoms with van der Waals surface area (Å²) < 4.78 is 0. The zero-order valence-electron chi connectivity index (χ0n) is 11.5. The summed E-state index contributed by atoms with van der Waals surface area (Å²) in [6.07, 6.45) is 2.40. The van der Waals surface area contributed by atoms with Gasteiger partial charge in [-0.05, 0) is 26.7 Å². The maximum absolute atomic E-state index is 11.9. The number of alkyl halides is 1. The quantitative estimate of drug-likeness (QED) is 0.588. The van der Waals surface area contributed by atoms with E-state index in [2.05, 4.69) is 4.90 Å². The van der Waals surface area contributed by atoms with Gasteiger partial charge in [0.1, 0.15) is 0 Å². The summed E-state index contributed by atoms with van der Waals surface area (Å²) in [6, 6.07) is 0. The second kappa shape index (κ2) is 7.31. The summed E-state index contributed by atoms with van der Waals surface area (Å²) >= 11 is 5.60. The van der Waals surface area contributed by atoms with Crippen molar-refractivity contribution in [2.75, 3.05) is 38.6 Å². The molecule has 1 heterocycles. The number of halogens is 1. The molecule has 4 nitrogen and oxygen atoms in total. The molecule has 1 aliphatic rings. The van der Waals surface area contributed by atoms with Gasteiger partial charge >= 0.3 is 0 Å². The third-order valence-electron chi connectivity index (χ3n) is 3.11. The van der Waals surface area contributed by atoms with Gasteiger partial charge in [-0.2, -0.15) is 0 Å². The minimum Gasteiger partial charge on any atom is -0.389 e. The molecule has 0 atom stereocenters. The Kier molecular flexibility index (Phi) is 6.39. The molecule has 0 radical (unpaired) electrons. The van der Waals surface area contributed by atoms with Gasteiger partial charge in [-0.1, -0.05) is 0 Å². The second-order valence-corrected chi connectivity index (χ2v) is 5.99. The van der Waals surface area contributed by atoms with Crippen molar-refractivity contribution in [1.82, 2.24) is 9.80 Å². The Labute approximate surface area is 115 Å². The van der Waals surface area contributed by atoms with Crippen molar-refractivity contribution in [3.63, 3.8) is 0 Å². The Bertz CT molecular complexity index is 258. The van der Waals surface area contributed by atoms with Gasteiger partial charge in [-0.15, -0.1) is 11.6 Å². The molecule has 0 aromatic rings. The van der Waals surface area contributed by atoms with Crippen molar-refractivity contribution in [2.24, 2.45) is 0 Å². The monoisotopic (exact) mass is 276 g/mol. The number of hydrogen-bond acceptors (Lipinski definition) is 3. The summed E-state index contributed by atoms with van der Waals surface area (Å²) in [5, 5.41) is 9.75. The number of unbranched alkanes of at least 4 members (excludes halogenated alkanes) is 1. The lowest BCUT2D eigenvalue weighted by Crippen LogP contribution is -2.51. The smallest absolute Gasteiger partial charge is 0.222 e. The predicted molar refractivity (Wildman–Crippen MR) is 73.9 cm³/mol. The van der Waals surface area contributed by atoms with E-state index in [4.69, 9.17) is 11.6 Å². The molecule has 0 aliphatic carbocycles. The van der Waals surface area contributed by atoms with Crippen LogP contribution in [0.25, 0.3) is 0 Å². The molecule has 1 rings (SSSR count). The fourth-order valence-electron chi connectivity index (χ4n) is 2.23. The Morgan fingerprint density at radius 2 is 1.83 bits per heavy atom. The number of nitrogens with zero attached hydrogens (tertiary/aromatic N) is 2. The van der Waals surface area contributed by atoms with Crippen molar-refractivity contribution in [1.29, 1.82) is 0 Å². The van der Waals surface area contributed by atoms with Gasteiger partial charge in [0.2, 0.25) is 5.91 Å². The standard InChI is InChI=1S/C13H25ClN2O2/c1-13(2,18)11-15-7-9-16(10-8-15)12(17)5-3-4-6-14/h18H,3-11H2,1-2H3.